The van der Waals surface area contributed by atoms with Crippen molar-refractivity contribution < 1.29 is 0 Å². The fourth-order valence-electron chi connectivity index (χ4n) is 6.12. The van der Waals surface area contributed by atoms with E-state index >= 15 is 0 Å². The minimum absolute atomic E-state index is 1.40. The van der Waals surface area contributed by atoms with Crippen molar-refractivity contribution in [3.63, 3.8) is 0 Å². The summed E-state index contributed by atoms with van der Waals surface area (Å²) in [6, 6.07) is 23.7. The maximum Gasteiger partial charge on any atom is 0.0774 e. The van der Waals surface area contributed by atoms with Crippen molar-refractivity contribution in [3.05, 3.63) is 60.7 Å². The van der Waals surface area contributed by atoms with Gasteiger partial charge in [0, 0.05) is 0 Å². The quantitative estimate of drug-likeness (QED) is 0.237. The molecule has 0 heterocycles. The molecule has 0 bridgehead atoms. The molecule has 0 nitrogen and oxygen atoms in total. The van der Waals surface area contributed by atoms with Crippen molar-refractivity contribution in [2.24, 2.45) is 0 Å². The van der Waals surface area contributed by atoms with Crippen LogP contribution < -0.4 is 10.4 Å². The van der Waals surface area contributed by atoms with Crippen LogP contribution in [-0.2, 0) is 0 Å². The van der Waals surface area contributed by atoms with Crippen molar-refractivity contribution in [1.29, 1.82) is 0 Å². The number of hydrogen-bond donors (Lipinski definition) is 0. The number of benzene rings is 4. The minimum Gasteiger partial charge on any atom is -0.0656 e. The minimum atomic E-state index is -1.41. The van der Waals surface area contributed by atoms with E-state index in [1.54, 1.807) is 10.4 Å². The molecule has 7 aromatic carbocycles. The standard InChI is InChI=1S/C30H28Si2/c1-31(2,3)27-15-24-22-13-21-20-12-11-19-17-9-7-8-10-18(17)29(19)30(20)26(21)14-23(22)25(24)16-28(27)32(4,5)6/h7-16H,1-6H3. The fraction of sp³-hybridized carbons (Fsp3) is 0.200. The summed E-state index contributed by atoms with van der Waals surface area (Å²) in [5.41, 5.74) is 0. The van der Waals surface area contributed by atoms with E-state index in [9.17, 15) is 0 Å². The topological polar surface area (TPSA) is 0 Å². The number of fused-ring (bicyclic) bond motifs is 13. The van der Waals surface area contributed by atoms with Gasteiger partial charge in [0.25, 0.3) is 0 Å². The van der Waals surface area contributed by atoms with Gasteiger partial charge in [-0.1, -0.05) is 98.2 Å². The molecule has 0 aromatic heterocycles. The predicted octanol–water partition coefficient (Wildman–Crippen LogP) is 8.01. The highest BCUT2D eigenvalue weighted by Crippen LogP contribution is 2.49. The zero-order chi connectivity index (χ0) is 22.2. The molecule has 0 unspecified atom stereocenters. The lowest BCUT2D eigenvalue weighted by molar-refractivity contribution is 1.70. The van der Waals surface area contributed by atoms with Gasteiger partial charge in [0.1, 0.15) is 0 Å². The lowest BCUT2D eigenvalue weighted by Gasteiger charge is -2.30. The zero-order valence-electron chi connectivity index (χ0n) is 19.8. The van der Waals surface area contributed by atoms with Gasteiger partial charge < -0.3 is 0 Å². The van der Waals surface area contributed by atoms with Crippen LogP contribution in [-0.4, -0.2) is 16.1 Å². The largest absolute Gasteiger partial charge is 0.0774 e. The third kappa shape index (κ3) is 2.17. The van der Waals surface area contributed by atoms with Gasteiger partial charge in [-0.3, -0.25) is 0 Å². The molecule has 2 heteroatoms. The van der Waals surface area contributed by atoms with Crippen LogP contribution in [0.2, 0.25) is 39.3 Å². The average Bonchev–Trinajstić information content (AvgIpc) is 2.71. The molecule has 0 N–H and O–H groups in total. The highest BCUT2D eigenvalue weighted by molar-refractivity contribution is 6.98. The molecule has 32 heavy (non-hydrogen) atoms. The molecule has 0 radical (unpaired) electrons. The highest BCUT2D eigenvalue weighted by atomic mass is 28.3. The first-order chi connectivity index (χ1) is 15.1. The van der Waals surface area contributed by atoms with Crippen LogP contribution in [0.5, 0.6) is 0 Å². The molecule has 0 aliphatic carbocycles. The molecule has 0 aliphatic heterocycles. The van der Waals surface area contributed by atoms with Crippen molar-refractivity contribution >= 4 is 91.2 Å². The third-order valence-electron chi connectivity index (χ3n) is 7.76. The lowest BCUT2D eigenvalue weighted by atomic mass is 9.81. The second-order valence-corrected chi connectivity index (χ2v) is 21.9. The Bertz CT molecular complexity index is 1810. The van der Waals surface area contributed by atoms with Crippen LogP contribution in [0.25, 0.3) is 64.6 Å². The summed E-state index contributed by atoms with van der Waals surface area (Å²) >= 11 is 0. The Morgan fingerprint density at radius 3 is 1.31 bits per heavy atom. The average molecular weight is 445 g/mol. The maximum atomic E-state index is 2.59. The molecule has 0 aliphatic rings. The summed E-state index contributed by atoms with van der Waals surface area (Å²) in [5.74, 6) is 0. The van der Waals surface area contributed by atoms with Crippen LogP contribution in [0, 0.1) is 0 Å². The fourth-order valence-corrected chi connectivity index (χ4v) is 11.3. The SMILES string of the molecule is C[Si](C)(C)c1cc2c(cc1[Si](C)(C)C)c1cc3c(cc21)c1ccc2c4ccccc4c2c13. The first-order valence-corrected chi connectivity index (χ1v) is 18.8. The van der Waals surface area contributed by atoms with Crippen molar-refractivity contribution in [2.75, 3.05) is 0 Å². The van der Waals surface area contributed by atoms with Gasteiger partial charge >= 0.3 is 0 Å². The highest BCUT2D eigenvalue weighted by Gasteiger charge is 2.30. The van der Waals surface area contributed by atoms with E-state index in [0.717, 1.165) is 0 Å². The predicted molar refractivity (Wildman–Crippen MR) is 151 cm³/mol. The van der Waals surface area contributed by atoms with Gasteiger partial charge in [0.15, 0.2) is 0 Å². The van der Waals surface area contributed by atoms with E-state index < -0.39 is 16.1 Å². The van der Waals surface area contributed by atoms with Gasteiger partial charge in [-0.15, -0.1) is 0 Å². The number of hydrogen-bond acceptors (Lipinski definition) is 0. The summed E-state index contributed by atoms with van der Waals surface area (Å²) in [6.45, 7) is 15.0. The Labute approximate surface area is 190 Å². The molecule has 0 atom stereocenters. The lowest BCUT2D eigenvalue weighted by Crippen LogP contribution is -2.56. The second-order valence-electron chi connectivity index (χ2n) is 11.8. The van der Waals surface area contributed by atoms with Crippen LogP contribution in [0.15, 0.2) is 60.7 Å². The first-order valence-electron chi connectivity index (χ1n) is 11.8. The van der Waals surface area contributed by atoms with Crippen molar-refractivity contribution in [1.82, 2.24) is 0 Å². The van der Waals surface area contributed by atoms with Gasteiger partial charge in [-0.05, 0) is 76.8 Å². The molecule has 0 saturated heterocycles. The Morgan fingerprint density at radius 1 is 0.375 bits per heavy atom. The van der Waals surface area contributed by atoms with Crippen molar-refractivity contribution in [3.8, 4) is 0 Å². The van der Waals surface area contributed by atoms with Crippen LogP contribution >= 0.6 is 0 Å². The zero-order valence-corrected chi connectivity index (χ0v) is 21.8. The normalized spacial score (nSPS) is 13.9. The third-order valence-corrected chi connectivity index (χ3v) is 12.1. The van der Waals surface area contributed by atoms with E-state index in [-0.39, 0.29) is 0 Å². The van der Waals surface area contributed by atoms with E-state index in [0.29, 0.717) is 0 Å². The Hall–Kier alpha value is -2.69. The van der Waals surface area contributed by atoms with Crippen LogP contribution in [0.1, 0.15) is 0 Å². The second kappa shape index (κ2) is 5.62. The Morgan fingerprint density at radius 2 is 0.750 bits per heavy atom. The number of rotatable bonds is 2. The molecular formula is C30H28Si2. The molecule has 0 amide bonds. The summed E-state index contributed by atoms with van der Waals surface area (Å²) < 4.78 is 0. The first kappa shape index (κ1) is 18.8. The van der Waals surface area contributed by atoms with Gasteiger partial charge in [-0.25, -0.2) is 0 Å². The van der Waals surface area contributed by atoms with E-state index in [2.05, 4.69) is 99.9 Å². The molecule has 7 aromatic rings. The van der Waals surface area contributed by atoms with Crippen LogP contribution in [0.4, 0.5) is 0 Å². The smallest absolute Gasteiger partial charge is 0.0656 e. The van der Waals surface area contributed by atoms with Gasteiger partial charge in [0.2, 0.25) is 0 Å². The maximum absolute atomic E-state index is 2.59. The van der Waals surface area contributed by atoms with Gasteiger partial charge in [-0.2, -0.15) is 0 Å². The summed E-state index contributed by atoms with van der Waals surface area (Å²) in [6.07, 6.45) is 0. The molecule has 156 valence electrons. The Kier molecular flexibility index (Phi) is 3.31. The summed E-state index contributed by atoms with van der Waals surface area (Å²) in [7, 11) is -2.81. The van der Waals surface area contributed by atoms with Crippen LogP contribution in [0.3, 0.4) is 0 Å². The Balaban J connectivity index is 1.56. The van der Waals surface area contributed by atoms with Crippen molar-refractivity contribution in [2.45, 2.75) is 39.3 Å². The summed E-state index contributed by atoms with van der Waals surface area (Å²) in [4.78, 5) is 0. The monoisotopic (exact) mass is 444 g/mol. The van der Waals surface area contributed by atoms with E-state index in [1.807, 2.05) is 0 Å². The van der Waals surface area contributed by atoms with Gasteiger partial charge in [0.05, 0.1) is 16.1 Å². The summed E-state index contributed by atoms with van der Waals surface area (Å²) in [5, 5.41) is 20.8. The molecule has 0 saturated carbocycles. The molecule has 0 spiro atoms. The molecular weight excluding hydrogens is 417 g/mol. The molecule has 0 fully saturated rings. The van der Waals surface area contributed by atoms with E-state index in [4.69, 9.17) is 0 Å². The van der Waals surface area contributed by atoms with E-state index in [1.165, 1.54) is 64.6 Å². The molecule has 7 rings (SSSR count).